The minimum atomic E-state index is -3.33. The summed E-state index contributed by atoms with van der Waals surface area (Å²) in [4.78, 5) is 42.7. The van der Waals surface area contributed by atoms with Gasteiger partial charge in [-0.3, -0.25) is 19.3 Å². The Balaban J connectivity index is 1.60. The molecule has 4 atom stereocenters. The summed E-state index contributed by atoms with van der Waals surface area (Å²) in [6.07, 6.45) is 2.03. The number of rotatable bonds is 9. The van der Waals surface area contributed by atoms with E-state index in [1.54, 1.807) is 22.9 Å². The predicted octanol–water partition coefficient (Wildman–Crippen LogP) is 5.14. The molecule has 3 aliphatic heterocycles. The molecule has 5 rings (SSSR count). The van der Waals surface area contributed by atoms with Crippen molar-refractivity contribution in [1.29, 1.82) is 0 Å². The van der Waals surface area contributed by atoms with E-state index in [0.717, 1.165) is 11.3 Å². The predicted molar refractivity (Wildman–Crippen MR) is 156 cm³/mol. The summed E-state index contributed by atoms with van der Waals surface area (Å²) < 4.78 is 27.2. The smallest absolute Gasteiger partial charge is 0.305 e. The number of hydrogen-bond donors (Lipinski definition) is 1. The van der Waals surface area contributed by atoms with Crippen LogP contribution in [0.2, 0.25) is 18.6 Å². The normalized spacial score (nSPS) is 25.6. The third kappa shape index (κ3) is 5.00. The highest BCUT2D eigenvalue weighted by Gasteiger charge is 2.66. The lowest BCUT2D eigenvalue weighted by molar-refractivity contribution is -0.146. The van der Waals surface area contributed by atoms with Gasteiger partial charge in [0, 0.05) is 48.7 Å². The van der Waals surface area contributed by atoms with Crippen LogP contribution in [-0.2, 0) is 35.9 Å². The summed E-state index contributed by atoms with van der Waals surface area (Å²) in [5, 5.41) is 9.82. The van der Waals surface area contributed by atoms with Crippen LogP contribution in [0.15, 0.2) is 42.5 Å². The van der Waals surface area contributed by atoms with Gasteiger partial charge in [0.05, 0.1) is 24.6 Å². The molecule has 0 bridgehead atoms. The minimum Gasteiger partial charge on any atom is -0.469 e. The first-order valence-electron chi connectivity index (χ1n) is 14.5. The lowest BCUT2D eigenvalue weighted by Crippen LogP contribution is -2.45. The SMILES string of the molecule is COC(=O)CCCCN1C(=O)[C@]2(O[C@H](CCO)[C@@H]([Si](C)(C)F)[C@@H]2C)c2cc(N3C(=O)CCc4ccccc43)ccc21. The van der Waals surface area contributed by atoms with Gasteiger partial charge in [0.15, 0.2) is 5.60 Å². The molecule has 2 aromatic carbocycles. The number of hydrogen-bond acceptors (Lipinski definition) is 6. The minimum absolute atomic E-state index is 0.0320. The number of para-hydroxylation sites is 1. The Morgan fingerprint density at radius 2 is 1.90 bits per heavy atom. The molecule has 2 amide bonds. The number of ether oxygens (including phenoxy) is 2. The molecule has 3 aliphatic rings. The number of methoxy groups -OCH3 is 1. The van der Waals surface area contributed by atoms with Crippen LogP contribution in [0, 0.1) is 5.92 Å². The van der Waals surface area contributed by atoms with E-state index < -0.39 is 31.6 Å². The van der Waals surface area contributed by atoms with Gasteiger partial charge in [-0.2, -0.15) is 0 Å². The van der Waals surface area contributed by atoms with Crippen molar-refractivity contribution in [2.45, 2.75) is 75.8 Å². The van der Waals surface area contributed by atoms with Gasteiger partial charge in [-0.1, -0.05) is 25.1 Å². The fourth-order valence-electron chi connectivity index (χ4n) is 7.15. The highest BCUT2D eigenvalue weighted by molar-refractivity contribution is 6.72. The molecule has 0 unspecified atom stereocenters. The molecule has 8 nitrogen and oxygen atoms in total. The lowest BCUT2D eigenvalue weighted by atomic mass is 9.82. The van der Waals surface area contributed by atoms with Crippen molar-refractivity contribution in [3.63, 3.8) is 0 Å². The number of anilines is 3. The number of benzene rings is 2. The van der Waals surface area contributed by atoms with Crippen molar-refractivity contribution in [2.24, 2.45) is 5.92 Å². The molecule has 2 aromatic rings. The third-order valence-electron chi connectivity index (χ3n) is 8.95. The van der Waals surface area contributed by atoms with E-state index in [2.05, 4.69) is 0 Å². The molecule has 10 heteroatoms. The van der Waals surface area contributed by atoms with E-state index in [-0.39, 0.29) is 37.2 Å². The number of amides is 2. The largest absolute Gasteiger partial charge is 0.469 e. The Morgan fingerprint density at radius 3 is 2.61 bits per heavy atom. The van der Waals surface area contributed by atoms with Gasteiger partial charge in [0.2, 0.25) is 14.3 Å². The van der Waals surface area contributed by atoms with Gasteiger partial charge >= 0.3 is 5.97 Å². The number of carbonyl (C=O) groups is 3. The molecule has 0 saturated carbocycles. The molecule has 3 heterocycles. The number of nitrogens with zero attached hydrogens (tertiary/aromatic N) is 2. The summed E-state index contributed by atoms with van der Waals surface area (Å²) in [5.74, 6) is -1.08. The zero-order valence-corrected chi connectivity index (χ0v) is 25.2. The second kappa shape index (κ2) is 11.3. The first-order valence-corrected chi connectivity index (χ1v) is 17.4. The number of unbranched alkanes of at least 4 members (excludes halogenated alkanes) is 1. The highest BCUT2D eigenvalue weighted by atomic mass is 28.4. The van der Waals surface area contributed by atoms with Crippen LogP contribution >= 0.6 is 0 Å². The molecule has 0 radical (unpaired) electrons. The van der Waals surface area contributed by atoms with Gasteiger partial charge in [0.25, 0.3) is 5.91 Å². The molecular formula is C31H39FN2O6Si. The Kier molecular flexibility index (Phi) is 8.11. The van der Waals surface area contributed by atoms with E-state index in [0.29, 0.717) is 49.2 Å². The number of carbonyl (C=O) groups excluding carboxylic acids is 3. The fraction of sp³-hybridized carbons (Fsp3) is 0.516. The highest BCUT2D eigenvalue weighted by Crippen LogP contribution is 2.60. The van der Waals surface area contributed by atoms with Crippen molar-refractivity contribution >= 4 is 43.3 Å². The van der Waals surface area contributed by atoms with Gasteiger partial charge < -0.3 is 23.6 Å². The van der Waals surface area contributed by atoms with Crippen molar-refractivity contribution in [3.05, 3.63) is 53.6 Å². The van der Waals surface area contributed by atoms with Crippen LogP contribution in [0.5, 0.6) is 0 Å². The Labute approximate surface area is 241 Å². The molecule has 220 valence electrons. The summed E-state index contributed by atoms with van der Waals surface area (Å²) in [7, 11) is -1.98. The maximum absolute atomic E-state index is 15.9. The van der Waals surface area contributed by atoms with Crippen molar-refractivity contribution in [2.75, 3.05) is 30.1 Å². The fourth-order valence-corrected chi connectivity index (χ4v) is 9.69. The van der Waals surface area contributed by atoms with Gasteiger partial charge in [-0.05, 0) is 68.6 Å². The number of halogens is 1. The molecule has 1 fully saturated rings. The van der Waals surface area contributed by atoms with E-state index in [1.807, 2.05) is 49.4 Å². The molecule has 0 aliphatic carbocycles. The summed E-state index contributed by atoms with van der Waals surface area (Å²) >= 11 is 0. The number of aliphatic hydroxyl groups excluding tert-OH is 1. The van der Waals surface area contributed by atoms with Crippen molar-refractivity contribution in [3.8, 4) is 0 Å². The van der Waals surface area contributed by atoms with E-state index in [1.165, 1.54) is 7.11 Å². The maximum Gasteiger partial charge on any atom is 0.305 e. The number of aryl methyl sites for hydroxylation is 1. The summed E-state index contributed by atoms with van der Waals surface area (Å²) in [6, 6.07) is 13.4. The van der Waals surface area contributed by atoms with E-state index in [9.17, 15) is 19.5 Å². The first kappa shape index (κ1) is 29.4. The van der Waals surface area contributed by atoms with Gasteiger partial charge in [-0.15, -0.1) is 0 Å². The third-order valence-corrected chi connectivity index (χ3v) is 11.4. The van der Waals surface area contributed by atoms with E-state index in [4.69, 9.17) is 9.47 Å². The first-order chi connectivity index (χ1) is 19.5. The zero-order chi connectivity index (χ0) is 29.5. The van der Waals surface area contributed by atoms with Crippen molar-refractivity contribution < 1.29 is 33.1 Å². The molecule has 0 aromatic heterocycles. The monoisotopic (exact) mass is 582 g/mol. The summed E-state index contributed by atoms with van der Waals surface area (Å²) in [5.41, 5.74) is 1.87. The van der Waals surface area contributed by atoms with E-state index >= 15 is 4.11 Å². The maximum atomic E-state index is 15.9. The van der Waals surface area contributed by atoms with Crippen LogP contribution in [0.25, 0.3) is 0 Å². The summed E-state index contributed by atoms with van der Waals surface area (Å²) in [6.45, 7) is 5.33. The Bertz CT molecular complexity index is 1350. The topological polar surface area (TPSA) is 96.4 Å². The van der Waals surface area contributed by atoms with Crippen LogP contribution < -0.4 is 9.80 Å². The Hall–Kier alpha value is -3.08. The molecule has 1 N–H and O–H groups in total. The molecule has 1 saturated heterocycles. The number of esters is 1. The second-order valence-corrected chi connectivity index (χ2v) is 15.6. The molecular weight excluding hydrogens is 543 g/mol. The number of fused-ring (bicyclic) bond motifs is 3. The quantitative estimate of drug-likeness (QED) is 0.190. The van der Waals surface area contributed by atoms with Gasteiger partial charge in [0.1, 0.15) is 0 Å². The zero-order valence-electron chi connectivity index (χ0n) is 24.2. The van der Waals surface area contributed by atoms with Crippen molar-refractivity contribution in [1.82, 2.24) is 0 Å². The van der Waals surface area contributed by atoms with Crippen LogP contribution in [0.3, 0.4) is 0 Å². The van der Waals surface area contributed by atoms with Crippen LogP contribution in [-0.4, -0.2) is 57.7 Å². The van der Waals surface area contributed by atoms with Crippen LogP contribution in [0.1, 0.15) is 50.2 Å². The second-order valence-electron chi connectivity index (χ2n) is 11.8. The average molecular weight is 583 g/mol. The molecule has 41 heavy (non-hydrogen) atoms. The average Bonchev–Trinajstić information content (AvgIpc) is 3.37. The van der Waals surface area contributed by atoms with Crippen LogP contribution in [0.4, 0.5) is 21.2 Å². The van der Waals surface area contributed by atoms with Gasteiger partial charge in [-0.25, -0.2) is 0 Å². The molecule has 1 spiro atoms. The number of aliphatic hydroxyl groups is 1. The standard InChI is InChI=1S/C31H39FN2O6Si/c1-20-29(41(3,4)32)26(16-18-35)40-31(20)23-19-22(34-24-10-6-5-9-21(24)12-15-27(34)36)13-14-25(23)33(30(31)38)17-8-7-11-28(37)39-2/h5-6,9-10,13-14,19-20,26,29,35H,7-8,11-12,15-18H2,1-4H3/t20-,26+,29-,31+/m0/s1. The lowest BCUT2D eigenvalue weighted by Gasteiger charge is -2.32. The Morgan fingerprint density at radius 1 is 1.15 bits per heavy atom.